The minimum Gasteiger partial charge on any atom is -0.381 e. The Morgan fingerprint density at radius 2 is 1.50 bits per heavy atom. The van der Waals surface area contributed by atoms with Crippen molar-refractivity contribution in [2.75, 3.05) is 16.8 Å². The topological polar surface area (TPSA) is 46.0 Å². The molecule has 3 aliphatic rings. The standard InChI is InChI=1S/C43H31N5/c1-3-17-35-28(10-1)21-22-36(45-35)31-13-7-11-29(26-31)30-12-8-14-32(27-30)47-39-18-4-2-15-34(39)43-46-38-24-23-37-33(16-9-25-44-37)42(38)48(43)41-20-6-5-19-40(41)47/h1-7,9-13,15-24,26-27,44H,8,14,25H2. The Labute approximate surface area is 278 Å². The number of imidazole rings is 1. The first-order valence-corrected chi connectivity index (χ1v) is 16.6. The van der Waals surface area contributed by atoms with Gasteiger partial charge in [-0.2, -0.15) is 0 Å². The summed E-state index contributed by atoms with van der Waals surface area (Å²) >= 11 is 0. The molecular weight excluding hydrogens is 587 g/mol. The van der Waals surface area contributed by atoms with Crippen LogP contribution in [0.25, 0.3) is 61.9 Å². The fraction of sp³-hybridized carbons (Fsp3) is 0.0698. The molecule has 5 heteroatoms. The molecule has 0 atom stereocenters. The lowest BCUT2D eigenvalue weighted by molar-refractivity contribution is 0.921. The van der Waals surface area contributed by atoms with E-state index >= 15 is 0 Å². The number of para-hydroxylation sites is 4. The lowest BCUT2D eigenvalue weighted by atomic mass is 9.94. The molecule has 0 bridgehead atoms. The van der Waals surface area contributed by atoms with Crippen molar-refractivity contribution in [2.24, 2.45) is 0 Å². The van der Waals surface area contributed by atoms with E-state index in [9.17, 15) is 0 Å². The maximum Gasteiger partial charge on any atom is 0.147 e. The van der Waals surface area contributed by atoms with Gasteiger partial charge >= 0.3 is 0 Å². The number of aromatic nitrogens is 3. The van der Waals surface area contributed by atoms with Crippen molar-refractivity contribution in [1.29, 1.82) is 0 Å². The predicted molar refractivity (Wildman–Crippen MR) is 199 cm³/mol. The van der Waals surface area contributed by atoms with Crippen LogP contribution in [0.2, 0.25) is 0 Å². The van der Waals surface area contributed by atoms with E-state index in [1.54, 1.807) is 0 Å². The van der Waals surface area contributed by atoms with Gasteiger partial charge in [0.25, 0.3) is 0 Å². The molecule has 5 aromatic carbocycles. The van der Waals surface area contributed by atoms with E-state index < -0.39 is 0 Å². The van der Waals surface area contributed by atoms with E-state index in [0.717, 1.165) is 86.7 Å². The molecular formula is C43H31N5. The van der Waals surface area contributed by atoms with Gasteiger partial charge in [0.15, 0.2) is 0 Å². The molecule has 2 aliphatic heterocycles. The van der Waals surface area contributed by atoms with Gasteiger partial charge in [-0.05, 0) is 84.7 Å². The number of nitrogens with one attached hydrogen (secondary N) is 1. The highest BCUT2D eigenvalue weighted by Crippen LogP contribution is 2.48. The van der Waals surface area contributed by atoms with Crippen LogP contribution in [-0.4, -0.2) is 21.1 Å². The summed E-state index contributed by atoms with van der Waals surface area (Å²) in [6, 6.07) is 43.2. The second-order valence-electron chi connectivity index (χ2n) is 12.6. The zero-order valence-electron chi connectivity index (χ0n) is 26.3. The van der Waals surface area contributed by atoms with Gasteiger partial charge in [-0.1, -0.05) is 85.0 Å². The maximum atomic E-state index is 5.30. The highest BCUT2D eigenvalue weighted by molar-refractivity contribution is 6.00. The number of allylic oxidation sites excluding steroid dienone is 4. The summed E-state index contributed by atoms with van der Waals surface area (Å²) in [5.41, 5.74) is 15.8. The van der Waals surface area contributed by atoms with Gasteiger partial charge in [0, 0.05) is 40.0 Å². The van der Waals surface area contributed by atoms with Crippen LogP contribution in [0.4, 0.5) is 17.1 Å². The van der Waals surface area contributed by atoms with Gasteiger partial charge < -0.3 is 10.2 Å². The fourth-order valence-electron chi connectivity index (χ4n) is 7.56. The highest BCUT2D eigenvalue weighted by atomic mass is 15.2. The fourth-order valence-corrected chi connectivity index (χ4v) is 7.56. The number of benzene rings is 5. The Morgan fingerprint density at radius 1 is 0.667 bits per heavy atom. The molecule has 2 aromatic heterocycles. The van der Waals surface area contributed by atoms with Crippen LogP contribution in [0.5, 0.6) is 0 Å². The Balaban J connectivity index is 1.12. The average Bonchev–Trinajstić information content (AvgIpc) is 3.50. The molecule has 0 fully saturated rings. The lowest BCUT2D eigenvalue weighted by Gasteiger charge is -2.31. The Kier molecular flexibility index (Phi) is 6.00. The van der Waals surface area contributed by atoms with E-state index in [1.165, 1.54) is 22.4 Å². The van der Waals surface area contributed by atoms with Gasteiger partial charge in [0.05, 0.1) is 39.3 Å². The van der Waals surface area contributed by atoms with Gasteiger partial charge in [0.1, 0.15) is 5.82 Å². The number of fused-ring (bicyclic) bond motifs is 10. The normalized spacial score (nSPS) is 14.7. The van der Waals surface area contributed by atoms with Gasteiger partial charge in [-0.25, -0.2) is 9.97 Å². The van der Waals surface area contributed by atoms with Crippen LogP contribution in [0.3, 0.4) is 0 Å². The number of nitrogens with zero attached hydrogens (tertiary/aromatic N) is 4. The van der Waals surface area contributed by atoms with E-state index in [0.29, 0.717) is 0 Å². The molecule has 228 valence electrons. The third kappa shape index (κ3) is 4.17. The van der Waals surface area contributed by atoms with Crippen molar-refractivity contribution in [3.05, 3.63) is 156 Å². The molecule has 0 radical (unpaired) electrons. The SMILES string of the molecule is C1=Cc2c(ccc3nc4n(c23)-c2ccccc2N(C2=CC(c3cccc(-c5ccc6ccccc6n5)c3)=CCC2)c2ccccc2-4)NC1. The van der Waals surface area contributed by atoms with E-state index in [-0.39, 0.29) is 0 Å². The van der Waals surface area contributed by atoms with Gasteiger partial charge in [-0.3, -0.25) is 4.57 Å². The molecule has 0 amide bonds. The van der Waals surface area contributed by atoms with Crippen molar-refractivity contribution in [1.82, 2.24) is 14.5 Å². The first kappa shape index (κ1) is 27.0. The summed E-state index contributed by atoms with van der Waals surface area (Å²) in [6.45, 7) is 0.832. The predicted octanol–water partition coefficient (Wildman–Crippen LogP) is 10.6. The molecule has 1 aliphatic carbocycles. The maximum absolute atomic E-state index is 5.30. The summed E-state index contributed by atoms with van der Waals surface area (Å²) in [5, 5.41) is 4.71. The number of rotatable bonds is 3. The summed E-state index contributed by atoms with van der Waals surface area (Å²) in [4.78, 5) is 12.8. The average molecular weight is 618 g/mol. The van der Waals surface area contributed by atoms with Crippen molar-refractivity contribution in [2.45, 2.75) is 12.8 Å². The summed E-state index contributed by atoms with van der Waals surface area (Å²) < 4.78 is 2.37. The molecule has 0 saturated heterocycles. The van der Waals surface area contributed by atoms with Gasteiger partial charge in [0.2, 0.25) is 0 Å². The third-order valence-electron chi connectivity index (χ3n) is 9.77. The summed E-state index contributed by atoms with van der Waals surface area (Å²) in [7, 11) is 0. The van der Waals surface area contributed by atoms with E-state index in [1.807, 2.05) is 6.07 Å². The Hall–Kier alpha value is -6.20. The molecule has 5 nitrogen and oxygen atoms in total. The van der Waals surface area contributed by atoms with Crippen LogP contribution in [0, 0.1) is 0 Å². The molecule has 0 unspecified atom stereocenters. The second-order valence-corrected chi connectivity index (χ2v) is 12.6. The van der Waals surface area contributed by atoms with Crippen LogP contribution in [-0.2, 0) is 0 Å². The number of hydrogen-bond donors (Lipinski definition) is 1. The second kappa shape index (κ2) is 10.7. The third-order valence-corrected chi connectivity index (χ3v) is 9.77. The van der Waals surface area contributed by atoms with E-state index in [4.69, 9.17) is 9.97 Å². The zero-order valence-corrected chi connectivity index (χ0v) is 26.3. The highest BCUT2D eigenvalue weighted by Gasteiger charge is 2.31. The molecule has 0 spiro atoms. The largest absolute Gasteiger partial charge is 0.381 e. The summed E-state index contributed by atoms with van der Waals surface area (Å²) in [6.07, 6.45) is 11.1. The minimum atomic E-state index is 0.832. The zero-order chi connectivity index (χ0) is 31.6. The summed E-state index contributed by atoms with van der Waals surface area (Å²) in [5.74, 6) is 0.964. The first-order valence-electron chi connectivity index (χ1n) is 16.6. The molecule has 4 heterocycles. The lowest BCUT2D eigenvalue weighted by Crippen LogP contribution is -2.19. The molecule has 10 rings (SSSR count). The number of pyridine rings is 1. The molecule has 48 heavy (non-hydrogen) atoms. The monoisotopic (exact) mass is 617 g/mol. The van der Waals surface area contributed by atoms with Gasteiger partial charge in [-0.15, -0.1) is 0 Å². The van der Waals surface area contributed by atoms with Crippen molar-refractivity contribution in [3.8, 4) is 28.3 Å². The Morgan fingerprint density at radius 3 is 2.46 bits per heavy atom. The minimum absolute atomic E-state index is 0.832. The van der Waals surface area contributed by atoms with Crippen LogP contribution < -0.4 is 10.2 Å². The number of anilines is 3. The van der Waals surface area contributed by atoms with Crippen LogP contribution in [0.15, 0.2) is 145 Å². The van der Waals surface area contributed by atoms with Crippen molar-refractivity contribution in [3.63, 3.8) is 0 Å². The Bertz CT molecular complexity index is 2530. The van der Waals surface area contributed by atoms with Crippen LogP contribution >= 0.6 is 0 Å². The molecule has 7 aromatic rings. The van der Waals surface area contributed by atoms with Crippen molar-refractivity contribution >= 4 is 50.6 Å². The first-order chi connectivity index (χ1) is 23.8. The number of hydrogen-bond acceptors (Lipinski definition) is 4. The van der Waals surface area contributed by atoms with Crippen LogP contribution in [0.1, 0.15) is 24.0 Å². The van der Waals surface area contributed by atoms with E-state index in [2.05, 4.69) is 154 Å². The van der Waals surface area contributed by atoms with Crippen molar-refractivity contribution < 1.29 is 0 Å². The molecule has 0 saturated carbocycles. The smallest absolute Gasteiger partial charge is 0.147 e. The quantitative estimate of drug-likeness (QED) is 0.214. The molecule has 1 N–H and O–H groups in total.